The average Bonchev–Trinajstić information content (AvgIpc) is 2.44. The Kier molecular flexibility index (Phi) is 5.74. The molecule has 1 fully saturated rings. The van der Waals surface area contributed by atoms with Gasteiger partial charge in [-0.3, -0.25) is 0 Å². The lowest BCUT2D eigenvalue weighted by atomic mass is 10.0. The van der Waals surface area contributed by atoms with Crippen molar-refractivity contribution in [1.29, 1.82) is 0 Å². The molecule has 132 valence electrons. The molecule has 0 N–H and O–H groups in total. The number of hydrogen-bond donors (Lipinski definition) is 0. The molecule has 1 saturated heterocycles. The van der Waals surface area contributed by atoms with Crippen LogP contribution in [0, 0.1) is 5.92 Å². The van der Waals surface area contributed by atoms with Gasteiger partial charge >= 0.3 is 12.1 Å². The van der Waals surface area contributed by atoms with E-state index in [0.717, 1.165) is 4.47 Å². The average molecular weight is 400 g/mol. The van der Waals surface area contributed by atoms with E-state index in [2.05, 4.69) is 15.9 Å². The molecule has 0 radical (unpaired) electrons. The summed E-state index contributed by atoms with van der Waals surface area (Å²) in [6.45, 7) is 7.19. The first-order valence-electron chi connectivity index (χ1n) is 7.68. The van der Waals surface area contributed by atoms with Gasteiger partial charge in [0.2, 0.25) is 0 Å². The SMILES string of the molecule is COC(=O)c1ccc(Br)c(OCC2CN(C(=O)OC(C)(C)C)C2)c1. The minimum atomic E-state index is -0.488. The van der Waals surface area contributed by atoms with E-state index in [1.54, 1.807) is 23.1 Å². The van der Waals surface area contributed by atoms with Crippen molar-refractivity contribution in [3.63, 3.8) is 0 Å². The van der Waals surface area contributed by atoms with Crippen molar-refractivity contribution in [3.8, 4) is 5.75 Å². The summed E-state index contributed by atoms with van der Waals surface area (Å²) in [6.07, 6.45) is -0.299. The number of methoxy groups -OCH3 is 1. The lowest BCUT2D eigenvalue weighted by Crippen LogP contribution is -2.53. The first kappa shape index (κ1) is 18.6. The van der Waals surface area contributed by atoms with Crippen LogP contribution >= 0.6 is 15.9 Å². The molecule has 1 amide bonds. The van der Waals surface area contributed by atoms with Crippen molar-refractivity contribution >= 4 is 28.0 Å². The van der Waals surface area contributed by atoms with E-state index in [1.807, 2.05) is 20.8 Å². The molecule has 0 aromatic heterocycles. The molecule has 0 bridgehead atoms. The van der Waals surface area contributed by atoms with Crippen LogP contribution in [0.5, 0.6) is 5.75 Å². The number of ether oxygens (including phenoxy) is 3. The highest BCUT2D eigenvalue weighted by molar-refractivity contribution is 9.10. The molecule has 24 heavy (non-hydrogen) atoms. The van der Waals surface area contributed by atoms with Crippen LogP contribution < -0.4 is 4.74 Å². The summed E-state index contributed by atoms with van der Waals surface area (Å²) in [4.78, 5) is 25.1. The fourth-order valence-corrected chi connectivity index (χ4v) is 2.58. The Balaban J connectivity index is 1.84. The highest BCUT2D eigenvalue weighted by Crippen LogP contribution is 2.28. The molecule has 1 aromatic rings. The third kappa shape index (κ3) is 4.87. The Labute approximate surface area is 150 Å². The van der Waals surface area contributed by atoms with Gasteiger partial charge in [-0.15, -0.1) is 0 Å². The lowest BCUT2D eigenvalue weighted by Gasteiger charge is -2.39. The number of carbonyl (C=O) groups is 2. The van der Waals surface area contributed by atoms with E-state index in [-0.39, 0.29) is 12.0 Å². The zero-order valence-electron chi connectivity index (χ0n) is 14.3. The maximum absolute atomic E-state index is 11.9. The Hall–Kier alpha value is -1.76. The number of hydrogen-bond acceptors (Lipinski definition) is 5. The topological polar surface area (TPSA) is 65.1 Å². The first-order chi connectivity index (χ1) is 11.2. The highest BCUT2D eigenvalue weighted by Gasteiger charge is 2.34. The van der Waals surface area contributed by atoms with Gasteiger partial charge in [0.15, 0.2) is 0 Å². The van der Waals surface area contributed by atoms with E-state index < -0.39 is 11.6 Å². The third-order valence-electron chi connectivity index (χ3n) is 3.44. The molecule has 1 aliphatic rings. The normalized spacial score (nSPS) is 14.8. The van der Waals surface area contributed by atoms with E-state index in [0.29, 0.717) is 31.0 Å². The molecule has 0 aliphatic carbocycles. The molecule has 2 rings (SSSR count). The smallest absolute Gasteiger partial charge is 0.410 e. The van der Waals surface area contributed by atoms with Crippen LogP contribution in [-0.4, -0.2) is 49.4 Å². The Morgan fingerprint density at radius 3 is 2.54 bits per heavy atom. The van der Waals surface area contributed by atoms with Gasteiger partial charge in [0, 0.05) is 19.0 Å². The minimum Gasteiger partial charge on any atom is -0.492 e. The van der Waals surface area contributed by atoms with Crippen LogP contribution in [0.15, 0.2) is 22.7 Å². The molecule has 0 spiro atoms. The molecule has 0 unspecified atom stereocenters. The zero-order valence-corrected chi connectivity index (χ0v) is 15.9. The summed E-state index contributed by atoms with van der Waals surface area (Å²) in [7, 11) is 1.34. The maximum Gasteiger partial charge on any atom is 0.410 e. The molecule has 1 aromatic carbocycles. The minimum absolute atomic E-state index is 0.242. The van der Waals surface area contributed by atoms with Crippen molar-refractivity contribution < 1.29 is 23.8 Å². The number of carbonyl (C=O) groups excluding carboxylic acids is 2. The number of rotatable bonds is 4. The monoisotopic (exact) mass is 399 g/mol. The van der Waals surface area contributed by atoms with Crippen LogP contribution in [-0.2, 0) is 9.47 Å². The van der Waals surface area contributed by atoms with Crippen molar-refractivity contribution in [2.24, 2.45) is 5.92 Å². The lowest BCUT2D eigenvalue weighted by molar-refractivity contribution is -0.00789. The second-order valence-electron chi connectivity index (χ2n) is 6.70. The predicted molar refractivity (Wildman–Crippen MR) is 92.3 cm³/mol. The molecule has 6 nitrogen and oxygen atoms in total. The molecular weight excluding hydrogens is 378 g/mol. The van der Waals surface area contributed by atoms with Gasteiger partial charge in [-0.25, -0.2) is 9.59 Å². The summed E-state index contributed by atoms with van der Waals surface area (Å²) in [6, 6.07) is 5.05. The van der Waals surface area contributed by atoms with Gasteiger partial charge in [-0.05, 0) is 54.9 Å². The molecule has 1 heterocycles. The van der Waals surface area contributed by atoms with Crippen LogP contribution in [0.4, 0.5) is 4.79 Å². The van der Waals surface area contributed by atoms with Gasteiger partial charge in [0.1, 0.15) is 11.4 Å². The number of nitrogens with zero attached hydrogens (tertiary/aromatic N) is 1. The number of amides is 1. The number of likely N-dealkylation sites (tertiary alicyclic amines) is 1. The molecule has 7 heteroatoms. The predicted octanol–water partition coefficient (Wildman–Crippen LogP) is 3.48. The van der Waals surface area contributed by atoms with Crippen LogP contribution in [0.25, 0.3) is 0 Å². The molecular formula is C17H22BrNO5. The molecule has 1 aliphatic heterocycles. The Bertz CT molecular complexity index is 620. The summed E-state index contributed by atoms with van der Waals surface area (Å²) < 4.78 is 16.5. The first-order valence-corrected chi connectivity index (χ1v) is 8.47. The maximum atomic E-state index is 11.9. The Morgan fingerprint density at radius 1 is 1.29 bits per heavy atom. The largest absolute Gasteiger partial charge is 0.492 e. The van der Waals surface area contributed by atoms with E-state index in [4.69, 9.17) is 14.2 Å². The van der Waals surface area contributed by atoms with Crippen molar-refractivity contribution in [2.45, 2.75) is 26.4 Å². The summed E-state index contributed by atoms with van der Waals surface area (Å²) in [5.74, 6) is 0.409. The van der Waals surface area contributed by atoms with Crippen LogP contribution in [0.3, 0.4) is 0 Å². The fourth-order valence-electron chi connectivity index (χ4n) is 2.22. The van der Waals surface area contributed by atoms with Gasteiger partial charge in [0.05, 0.1) is 23.8 Å². The highest BCUT2D eigenvalue weighted by atomic mass is 79.9. The van der Waals surface area contributed by atoms with Gasteiger partial charge in [-0.1, -0.05) is 0 Å². The van der Waals surface area contributed by atoms with Gasteiger partial charge in [-0.2, -0.15) is 0 Å². The van der Waals surface area contributed by atoms with Crippen molar-refractivity contribution in [3.05, 3.63) is 28.2 Å². The van der Waals surface area contributed by atoms with Gasteiger partial charge in [0.25, 0.3) is 0 Å². The number of halogens is 1. The van der Waals surface area contributed by atoms with E-state index in [1.165, 1.54) is 7.11 Å². The van der Waals surface area contributed by atoms with Gasteiger partial charge < -0.3 is 19.1 Å². The summed E-state index contributed by atoms with van der Waals surface area (Å²) in [5.41, 5.74) is -0.0580. The third-order valence-corrected chi connectivity index (χ3v) is 4.09. The van der Waals surface area contributed by atoms with Crippen molar-refractivity contribution in [2.75, 3.05) is 26.8 Å². The number of benzene rings is 1. The molecule has 0 atom stereocenters. The summed E-state index contributed by atoms with van der Waals surface area (Å²) in [5, 5.41) is 0. The Morgan fingerprint density at radius 2 is 1.96 bits per heavy atom. The zero-order chi connectivity index (χ0) is 17.9. The van der Waals surface area contributed by atoms with Crippen molar-refractivity contribution in [1.82, 2.24) is 4.90 Å². The van der Waals surface area contributed by atoms with E-state index in [9.17, 15) is 9.59 Å². The molecule has 0 saturated carbocycles. The standard InChI is InChI=1S/C17H22BrNO5/c1-17(2,3)24-16(21)19-8-11(9-19)10-23-14-7-12(15(20)22-4)5-6-13(14)18/h5-7,11H,8-10H2,1-4H3. The van der Waals surface area contributed by atoms with Crippen LogP contribution in [0.1, 0.15) is 31.1 Å². The van der Waals surface area contributed by atoms with Crippen LogP contribution in [0.2, 0.25) is 0 Å². The second kappa shape index (κ2) is 7.42. The summed E-state index contributed by atoms with van der Waals surface area (Å²) >= 11 is 3.40. The second-order valence-corrected chi connectivity index (χ2v) is 7.55. The fraction of sp³-hybridized carbons (Fsp3) is 0.529. The quantitative estimate of drug-likeness (QED) is 0.725. The number of esters is 1. The van der Waals surface area contributed by atoms with E-state index >= 15 is 0 Å².